The molecule has 1 N–H and O–H groups in total. The van der Waals surface area contributed by atoms with Crippen molar-refractivity contribution in [3.8, 4) is 0 Å². The van der Waals surface area contributed by atoms with Gasteiger partial charge in [0.25, 0.3) is 11.6 Å². The molecule has 26 heavy (non-hydrogen) atoms. The van der Waals surface area contributed by atoms with Crippen LogP contribution in [0.2, 0.25) is 0 Å². The van der Waals surface area contributed by atoms with E-state index in [1.165, 1.54) is 0 Å². The van der Waals surface area contributed by atoms with Gasteiger partial charge >= 0.3 is 0 Å². The number of aromatic nitrogens is 3. The Labute approximate surface area is 148 Å². The fourth-order valence-corrected chi connectivity index (χ4v) is 3.20. The maximum Gasteiger partial charge on any atom is 0.259 e. The molecule has 0 radical (unpaired) electrons. The number of nitrogens with one attached hydrogen (secondary N) is 1. The number of hydrogen-bond acceptors (Lipinski definition) is 6. The number of nitrogens with zero attached hydrogens (tertiary/aromatic N) is 3. The highest BCUT2D eigenvalue weighted by Gasteiger charge is 2.28. The van der Waals surface area contributed by atoms with Crippen molar-refractivity contribution in [2.75, 3.05) is 5.32 Å². The number of anilines is 1. The second kappa shape index (κ2) is 5.39. The average molecular weight is 348 g/mol. The minimum Gasteiger partial charge on any atom is -0.441 e. The van der Waals surface area contributed by atoms with E-state index in [0.29, 0.717) is 51.0 Å². The van der Waals surface area contributed by atoms with Gasteiger partial charge in [-0.3, -0.25) is 4.79 Å². The van der Waals surface area contributed by atoms with Crippen LogP contribution in [0.5, 0.6) is 0 Å². The highest BCUT2D eigenvalue weighted by atomic mass is 16.5. The number of carbonyl (C=O) groups is 1. The zero-order valence-electron chi connectivity index (χ0n) is 14.4. The van der Waals surface area contributed by atoms with Crippen LogP contribution in [0.4, 0.5) is 5.69 Å². The molecule has 1 aliphatic carbocycles. The normalized spacial score (nSPS) is 14.2. The molecule has 1 aromatic carbocycles. The lowest BCUT2D eigenvalue weighted by atomic mass is 10.1. The number of aryl methyl sites for hydroxylation is 2. The standard InChI is InChI=1S/C19H16N4O3/c1-9-17-13(8-14(11-3-4-11)22-19(17)26-23-9)18(24)21-12-5-6-16-15(7-12)20-10(2)25-16/h5-8,11H,3-4H2,1-2H3,(H,21,24). The highest BCUT2D eigenvalue weighted by molar-refractivity contribution is 6.12. The topological polar surface area (TPSA) is 94.1 Å². The van der Waals surface area contributed by atoms with E-state index in [0.717, 1.165) is 18.5 Å². The summed E-state index contributed by atoms with van der Waals surface area (Å²) in [4.78, 5) is 21.8. The van der Waals surface area contributed by atoms with Crippen LogP contribution >= 0.6 is 0 Å². The minimum absolute atomic E-state index is 0.217. The monoisotopic (exact) mass is 348 g/mol. The Hall–Kier alpha value is -3.22. The smallest absolute Gasteiger partial charge is 0.259 e. The molecular formula is C19H16N4O3. The molecule has 1 aliphatic rings. The predicted molar refractivity (Wildman–Crippen MR) is 95.2 cm³/mol. The molecule has 0 atom stereocenters. The molecule has 4 aromatic rings. The van der Waals surface area contributed by atoms with Gasteiger partial charge in [0.05, 0.1) is 16.6 Å². The van der Waals surface area contributed by atoms with Crippen molar-refractivity contribution in [3.05, 3.63) is 47.1 Å². The molecule has 0 bridgehead atoms. The van der Waals surface area contributed by atoms with Crippen LogP contribution in [-0.2, 0) is 0 Å². The van der Waals surface area contributed by atoms with Crippen LogP contribution in [-0.4, -0.2) is 21.0 Å². The third kappa shape index (κ3) is 2.44. The quantitative estimate of drug-likeness (QED) is 0.599. The number of rotatable bonds is 3. The van der Waals surface area contributed by atoms with E-state index < -0.39 is 0 Å². The molecule has 7 heteroatoms. The van der Waals surface area contributed by atoms with Gasteiger partial charge in [-0.1, -0.05) is 5.16 Å². The summed E-state index contributed by atoms with van der Waals surface area (Å²) < 4.78 is 10.8. The van der Waals surface area contributed by atoms with Crippen molar-refractivity contribution in [1.29, 1.82) is 0 Å². The van der Waals surface area contributed by atoms with Crippen LogP contribution in [0.25, 0.3) is 22.2 Å². The van der Waals surface area contributed by atoms with E-state index >= 15 is 0 Å². The van der Waals surface area contributed by atoms with E-state index in [4.69, 9.17) is 8.94 Å². The summed E-state index contributed by atoms with van der Waals surface area (Å²) in [5.41, 5.74) is 4.55. The van der Waals surface area contributed by atoms with Crippen LogP contribution in [0.1, 0.15) is 46.4 Å². The van der Waals surface area contributed by atoms with Crippen molar-refractivity contribution in [1.82, 2.24) is 15.1 Å². The van der Waals surface area contributed by atoms with Gasteiger partial charge in [0.2, 0.25) is 0 Å². The summed E-state index contributed by atoms with van der Waals surface area (Å²) in [5.74, 6) is 0.782. The lowest BCUT2D eigenvalue weighted by Crippen LogP contribution is -2.13. The zero-order chi connectivity index (χ0) is 17.8. The maximum absolute atomic E-state index is 13.0. The van der Waals surface area contributed by atoms with Gasteiger partial charge in [0.1, 0.15) is 5.52 Å². The molecule has 130 valence electrons. The highest BCUT2D eigenvalue weighted by Crippen LogP contribution is 2.40. The minimum atomic E-state index is -0.217. The first kappa shape index (κ1) is 15.1. The summed E-state index contributed by atoms with van der Waals surface area (Å²) >= 11 is 0. The third-order valence-electron chi connectivity index (χ3n) is 4.63. The van der Waals surface area contributed by atoms with Gasteiger partial charge in [-0.2, -0.15) is 0 Å². The largest absolute Gasteiger partial charge is 0.441 e. The fraction of sp³-hybridized carbons (Fsp3) is 0.263. The number of fused-ring (bicyclic) bond motifs is 2. The Balaban J connectivity index is 1.55. The summed E-state index contributed by atoms with van der Waals surface area (Å²) in [6.45, 7) is 3.60. The van der Waals surface area contributed by atoms with Gasteiger partial charge < -0.3 is 14.3 Å². The van der Waals surface area contributed by atoms with E-state index in [-0.39, 0.29) is 5.91 Å². The molecule has 1 amide bonds. The van der Waals surface area contributed by atoms with Crippen LogP contribution in [0.15, 0.2) is 33.2 Å². The van der Waals surface area contributed by atoms with E-state index in [9.17, 15) is 4.79 Å². The number of carbonyl (C=O) groups excluding carboxylic acids is 1. The Kier molecular flexibility index (Phi) is 3.12. The van der Waals surface area contributed by atoms with Gasteiger partial charge in [-0.25, -0.2) is 9.97 Å². The maximum atomic E-state index is 13.0. The second-order valence-electron chi connectivity index (χ2n) is 6.69. The lowest BCUT2D eigenvalue weighted by molar-refractivity contribution is 0.102. The number of benzene rings is 1. The van der Waals surface area contributed by atoms with E-state index in [1.807, 2.05) is 13.0 Å². The lowest BCUT2D eigenvalue weighted by Gasteiger charge is -2.08. The number of amides is 1. The number of hydrogen-bond donors (Lipinski definition) is 1. The Morgan fingerprint density at radius 2 is 2.04 bits per heavy atom. The molecule has 1 saturated carbocycles. The Morgan fingerprint density at radius 3 is 2.85 bits per heavy atom. The molecule has 5 rings (SSSR count). The van der Waals surface area contributed by atoms with Crippen molar-refractivity contribution in [2.24, 2.45) is 0 Å². The predicted octanol–water partition coefficient (Wildman–Crippen LogP) is 4.11. The van der Waals surface area contributed by atoms with Crippen LogP contribution in [0, 0.1) is 13.8 Å². The van der Waals surface area contributed by atoms with Crippen LogP contribution < -0.4 is 5.32 Å². The summed E-state index contributed by atoms with van der Waals surface area (Å²) in [6, 6.07) is 7.25. The van der Waals surface area contributed by atoms with Gasteiger partial charge in [-0.15, -0.1) is 0 Å². The third-order valence-corrected chi connectivity index (χ3v) is 4.63. The van der Waals surface area contributed by atoms with E-state index in [1.54, 1.807) is 25.1 Å². The van der Waals surface area contributed by atoms with E-state index in [2.05, 4.69) is 20.4 Å². The van der Waals surface area contributed by atoms with Crippen LogP contribution in [0.3, 0.4) is 0 Å². The van der Waals surface area contributed by atoms with Gasteiger partial charge in [-0.05, 0) is 44.0 Å². The van der Waals surface area contributed by atoms with Crippen molar-refractivity contribution < 1.29 is 13.7 Å². The molecule has 7 nitrogen and oxygen atoms in total. The SMILES string of the molecule is Cc1nc2cc(NC(=O)c3cc(C4CC4)nc4onc(C)c34)ccc2o1. The molecular weight excluding hydrogens is 332 g/mol. The summed E-state index contributed by atoms with van der Waals surface area (Å²) in [7, 11) is 0. The van der Waals surface area contributed by atoms with Gasteiger partial charge in [0.15, 0.2) is 11.5 Å². The zero-order valence-corrected chi connectivity index (χ0v) is 14.4. The Morgan fingerprint density at radius 1 is 1.19 bits per heavy atom. The second-order valence-corrected chi connectivity index (χ2v) is 6.69. The molecule has 0 aliphatic heterocycles. The average Bonchev–Trinajstić information content (AvgIpc) is 3.31. The summed E-state index contributed by atoms with van der Waals surface area (Å²) in [5, 5.41) is 7.57. The van der Waals surface area contributed by atoms with Crippen molar-refractivity contribution >= 4 is 33.8 Å². The first-order chi connectivity index (χ1) is 12.6. The molecule has 0 unspecified atom stereocenters. The first-order valence-electron chi connectivity index (χ1n) is 8.54. The van der Waals surface area contributed by atoms with Gasteiger partial charge in [0, 0.05) is 24.2 Å². The molecule has 3 aromatic heterocycles. The van der Waals surface area contributed by atoms with Crippen molar-refractivity contribution in [3.63, 3.8) is 0 Å². The van der Waals surface area contributed by atoms with Crippen molar-refractivity contribution in [2.45, 2.75) is 32.6 Å². The number of pyridine rings is 1. The molecule has 0 spiro atoms. The number of oxazole rings is 1. The molecule has 1 fully saturated rings. The first-order valence-corrected chi connectivity index (χ1v) is 8.54. The molecule has 0 saturated heterocycles. The molecule has 3 heterocycles. The Bertz CT molecular complexity index is 1170. The fourth-order valence-electron chi connectivity index (χ4n) is 3.20. The summed E-state index contributed by atoms with van der Waals surface area (Å²) in [6.07, 6.45) is 2.18.